The summed E-state index contributed by atoms with van der Waals surface area (Å²) in [5, 5.41) is 7.09. The molecule has 0 bridgehead atoms. The summed E-state index contributed by atoms with van der Waals surface area (Å²) in [4.78, 5) is 0. The van der Waals surface area contributed by atoms with E-state index >= 15 is 0 Å². The molecule has 3 aromatic rings. The quantitative estimate of drug-likeness (QED) is 0.697. The highest BCUT2D eigenvalue weighted by Gasteiger charge is 2.08. The molecule has 0 saturated heterocycles. The van der Waals surface area contributed by atoms with Crippen molar-refractivity contribution in [2.75, 3.05) is 5.43 Å². The lowest BCUT2D eigenvalue weighted by molar-refractivity contribution is 0.942. The molecule has 1 aromatic heterocycles. The molecule has 0 saturated carbocycles. The minimum Gasteiger partial charge on any atom is -0.290 e. The summed E-state index contributed by atoms with van der Waals surface area (Å²) in [7, 11) is 0. The van der Waals surface area contributed by atoms with Crippen molar-refractivity contribution in [2.45, 2.75) is 0 Å². The van der Waals surface area contributed by atoms with Gasteiger partial charge in [-0.05, 0) is 36.5 Å². The zero-order valence-electron chi connectivity index (χ0n) is 10.4. The number of hydrogen-bond donors (Lipinski definition) is 2. The number of anilines is 1. The average molecular weight is 347 g/mol. The van der Waals surface area contributed by atoms with E-state index in [1.165, 1.54) is 0 Å². The molecule has 0 unspecified atom stereocenters. The van der Waals surface area contributed by atoms with Gasteiger partial charge in [-0.2, -0.15) is 5.10 Å². The van der Waals surface area contributed by atoms with E-state index in [0.717, 1.165) is 21.5 Å². The van der Waals surface area contributed by atoms with Crippen molar-refractivity contribution >= 4 is 33.8 Å². The minimum absolute atomic E-state index is 0.520. The molecule has 0 amide bonds. The van der Waals surface area contributed by atoms with Gasteiger partial charge in [0.25, 0.3) is 0 Å². The predicted octanol–water partition coefficient (Wildman–Crippen LogP) is 4.25. The van der Waals surface area contributed by atoms with Crippen LogP contribution in [-0.4, -0.2) is 14.9 Å². The maximum Gasteiger partial charge on any atom is 0.214 e. The third-order valence-electron chi connectivity index (χ3n) is 2.79. The average Bonchev–Trinajstić information content (AvgIpc) is 2.83. The number of hydrogen-bond acceptors (Lipinski definition) is 3. The Morgan fingerprint density at radius 1 is 1.05 bits per heavy atom. The molecule has 0 fully saturated rings. The highest BCUT2D eigenvalue weighted by Crippen LogP contribution is 2.20. The van der Waals surface area contributed by atoms with Crippen LogP contribution in [0.15, 0.2) is 59.1 Å². The maximum atomic E-state index is 5.27. The first-order valence-corrected chi connectivity index (χ1v) is 7.19. The second-order valence-electron chi connectivity index (χ2n) is 4.17. The van der Waals surface area contributed by atoms with Gasteiger partial charge < -0.3 is 0 Å². The molecule has 0 radical (unpaired) electrons. The first-order valence-electron chi connectivity index (χ1n) is 5.99. The van der Waals surface area contributed by atoms with Crippen LogP contribution in [0.3, 0.4) is 0 Å². The molecule has 0 aliphatic rings. The smallest absolute Gasteiger partial charge is 0.214 e. The van der Waals surface area contributed by atoms with Gasteiger partial charge in [0.1, 0.15) is 0 Å². The van der Waals surface area contributed by atoms with Crippen molar-refractivity contribution in [3.05, 3.63) is 63.8 Å². The van der Waals surface area contributed by atoms with Gasteiger partial charge >= 0.3 is 0 Å². The number of H-pyrrole nitrogens is 1. The number of benzene rings is 2. The number of nitrogens with one attached hydrogen (secondary N) is 2. The Labute approximate surface area is 129 Å². The minimum atomic E-state index is 0.520. The summed E-state index contributed by atoms with van der Waals surface area (Å²) in [5.74, 6) is 0.742. The van der Waals surface area contributed by atoms with E-state index < -0.39 is 0 Å². The molecule has 0 aliphatic carbocycles. The Kier molecular flexibility index (Phi) is 3.66. The zero-order valence-corrected chi connectivity index (χ0v) is 12.8. The van der Waals surface area contributed by atoms with Gasteiger partial charge in [0, 0.05) is 10.0 Å². The molecule has 0 atom stereocenters. The van der Waals surface area contributed by atoms with Crippen LogP contribution in [0.25, 0.3) is 11.4 Å². The summed E-state index contributed by atoms with van der Waals surface area (Å²) in [5.41, 5.74) is 5.16. The number of halogens is 1. The van der Waals surface area contributed by atoms with Crippen molar-refractivity contribution in [1.29, 1.82) is 0 Å². The Balaban J connectivity index is 2.01. The van der Waals surface area contributed by atoms with E-state index in [1.54, 1.807) is 4.68 Å². The fraction of sp³-hybridized carbons (Fsp3) is 0. The number of nitrogens with zero attached hydrogens (tertiary/aromatic N) is 2. The summed E-state index contributed by atoms with van der Waals surface area (Å²) in [6.07, 6.45) is 0. The SMILES string of the molecule is S=c1[nH]nc(-c2ccc(Br)cc2)n1Nc1ccccc1. The molecule has 3 rings (SSSR count). The molecular formula is C14H11BrN4S. The Morgan fingerprint density at radius 2 is 1.75 bits per heavy atom. The van der Waals surface area contributed by atoms with Gasteiger partial charge in [-0.1, -0.05) is 46.3 Å². The van der Waals surface area contributed by atoms with E-state index in [1.807, 2.05) is 54.6 Å². The molecule has 20 heavy (non-hydrogen) atoms. The topological polar surface area (TPSA) is 45.6 Å². The Morgan fingerprint density at radius 3 is 2.45 bits per heavy atom. The van der Waals surface area contributed by atoms with Crippen molar-refractivity contribution in [3.63, 3.8) is 0 Å². The molecule has 0 aliphatic heterocycles. The van der Waals surface area contributed by atoms with E-state index in [0.29, 0.717) is 4.77 Å². The van der Waals surface area contributed by atoms with Crippen LogP contribution in [0.5, 0.6) is 0 Å². The van der Waals surface area contributed by atoms with Crippen LogP contribution in [0, 0.1) is 4.77 Å². The maximum absolute atomic E-state index is 5.27. The normalized spacial score (nSPS) is 10.4. The number of aromatic nitrogens is 3. The van der Waals surface area contributed by atoms with Crippen LogP contribution in [-0.2, 0) is 0 Å². The van der Waals surface area contributed by atoms with E-state index in [2.05, 4.69) is 31.6 Å². The lowest BCUT2D eigenvalue weighted by Crippen LogP contribution is -2.10. The molecule has 0 spiro atoms. The van der Waals surface area contributed by atoms with E-state index in [4.69, 9.17) is 12.2 Å². The lowest BCUT2D eigenvalue weighted by atomic mass is 10.2. The second kappa shape index (κ2) is 5.60. The summed E-state index contributed by atoms with van der Waals surface area (Å²) < 4.78 is 3.30. The first kappa shape index (κ1) is 13.1. The van der Waals surface area contributed by atoms with Crippen LogP contribution in [0.1, 0.15) is 0 Å². The van der Waals surface area contributed by atoms with Gasteiger partial charge in [0.2, 0.25) is 4.77 Å². The van der Waals surface area contributed by atoms with Crippen molar-refractivity contribution in [2.24, 2.45) is 0 Å². The Hall–Kier alpha value is -1.92. The predicted molar refractivity (Wildman–Crippen MR) is 86.0 cm³/mol. The molecule has 2 N–H and O–H groups in total. The van der Waals surface area contributed by atoms with E-state index in [-0.39, 0.29) is 0 Å². The standard InChI is InChI=1S/C14H11BrN4S/c15-11-8-6-10(7-9-11)13-16-17-14(20)19(13)18-12-4-2-1-3-5-12/h1-9,18H,(H,17,20). The number of rotatable bonds is 3. The van der Waals surface area contributed by atoms with Gasteiger partial charge in [-0.3, -0.25) is 5.43 Å². The summed E-state index contributed by atoms with van der Waals surface area (Å²) in [6.45, 7) is 0. The first-order chi connectivity index (χ1) is 9.74. The Bertz CT molecular complexity index is 762. The lowest BCUT2D eigenvalue weighted by Gasteiger charge is -2.09. The number of para-hydroxylation sites is 1. The molecule has 1 heterocycles. The monoisotopic (exact) mass is 346 g/mol. The highest BCUT2D eigenvalue weighted by molar-refractivity contribution is 9.10. The van der Waals surface area contributed by atoms with Crippen molar-refractivity contribution in [3.8, 4) is 11.4 Å². The van der Waals surface area contributed by atoms with Crippen LogP contribution >= 0.6 is 28.1 Å². The zero-order chi connectivity index (χ0) is 13.9. The third kappa shape index (κ3) is 2.66. The number of aromatic amines is 1. The van der Waals surface area contributed by atoms with Gasteiger partial charge in [0.15, 0.2) is 5.82 Å². The van der Waals surface area contributed by atoms with Crippen LogP contribution in [0.2, 0.25) is 0 Å². The molecule has 6 heteroatoms. The van der Waals surface area contributed by atoms with Gasteiger partial charge in [-0.15, -0.1) is 0 Å². The second-order valence-corrected chi connectivity index (χ2v) is 5.47. The van der Waals surface area contributed by atoms with Gasteiger partial charge in [0.05, 0.1) is 5.69 Å². The molecule has 4 nitrogen and oxygen atoms in total. The fourth-order valence-electron chi connectivity index (χ4n) is 1.84. The van der Waals surface area contributed by atoms with E-state index in [9.17, 15) is 0 Å². The summed E-state index contributed by atoms with van der Waals surface area (Å²) in [6, 6.07) is 17.8. The highest BCUT2D eigenvalue weighted by atomic mass is 79.9. The molecule has 100 valence electrons. The largest absolute Gasteiger partial charge is 0.290 e. The molecule has 2 aromatic carbocycles. The third-order valence-corrected chi connectivity index (χ3v) is 3.59. The molecular weight excluding hydrogens is 336 g/mol. The summed E-state index contributed by atoms with van der Waals surface area (Å²) >= 11 is 8.70. The van der Waals surface area contributed by atoms with Crippen LogP contribution < -0.4 is 5.43 Å². The van der Waals surface area contributed by atoms with Crippen LogP contribution in [0.4, 0.5) is 5.69 Å². The van der Waals surface area contributed by atoms with Crippen molar-refractivity contribution < 1.29 is 0 Å². The fourth-order valence-corrected chi connectivity index (χ4v) is 2.28. The van der Waals surface area contributed by atoms with Gasteiger partial charge in [-0.25, -0.2) is 9.77 Å². The van der Waals surface area contributed by atoms with Crippen molar-refractivity contribution in [1.82, 2.24) is 14.9 Å².